The second-order valence-corrected chi connectivity index (χ2v) is 6.27. The van der Waals surface area contributed by atoms with Gasteiger partial charge in [0.25, 0.3) is 0 Å². The molecule has 118 valence electrons. The SMILES string of the molecule is CC(O)CN(Cc1cccn1Cc1cccc(F)c1)C1CC1. The molecule has 1 atom stereocenters. The number of halogens is 1. The molecule has 1 N–H and O–H groups in total. The first-order valence-electron chi connectivity index (χ1n) is 7.92. The molecule has 0 radical (unpaired) electrons. The van der Waals surface area contributed by atoms with Crippen LogP contribution in [-0.4, -0.2) is 33.3 Å². The molecular formula is C18H23FN2O. The maximum Gasteiger partial charge on any atom is 0.123 e. The highest BCUT2D eigenvalue weighted by molar-refractivity contribution is 5.19. The lowest BCUT2D eigenvalue weighted by atomic mass is 10.2. The molecular weight excluding hydrogens is 279 g/mol. The molecule has 0 amide bonds. The van der Waals surface area contributed by atoms with Crippen molar-refractivity contribution in [2.24, 2.45) is 0 Å². The Labute approximate surface area is 131 Å². The van der Waals surface area contributed by atoms with Gasteiger partial charge in [-0.1, -0.05) is 12.1 Å². The number of rotatable bonds is 7. The fourth-order valence-corrected chi connectivity index (χ4v) is 2.91. The van der Waals surface area contributed by atoms with E-state index in [4.69, 9.17) is 0 Å². The Bertz CT molecular complexity index is 619. The van der Waals surface area contributed by atoms with E-state index >= 15 is 0 Å². The third kappa shape index (κ3) is 3.96. The molecule has 0 saturated heterocycles. The van der Waals surface area contributed by atoms with Crippen LogP contribution in [-0.2, 0) is 13.1 Å². The van der Waals surface area contributed by atoms with Gasteiger partial charge in [0.1, 0.15) is 5.82 Å². The molecule has 1 aliphatic carbocycles. The molecule has 4 heteroatoms. The van der Waals surface area contributed by atoms with Crippen LogP contribution < -0.4 is 0 Å². The molecule has 1 aromatic carbocycles. The lowest BCUT2D eigenvalue weighted by Crippen LogP contribution is -2.33. The van der Waals surface area contributed by atoms with Gasteiger partial charge in [-0.2, -0.15) is 0 Å². The fraction of sp³-hybridized carbons (Fsp3) is 0.444. The first-order valence-corrected chi connectivity index (χ1v) is 7.92. The van der Waals surface area contributed by atoms with Gasteiger partial charge in [0.2, 0.25) is 0 Å². The summed E-state index contributed by atoms with van der Waals surface area (Å²) in [5.74, 6) is -0.195. The second-order valence-electron chi connectivity index (χ2n) is 6.27. The minimum atomic E-state index is -0.313. The molecule has 3 nitrogen and oxygen atoms in total. The molecule has 1 unspecified atom stereocenters. The predicted octanol–water partition coefficient (Wildman–Crippen LogP) is 3.02. The number of hydrogen-bond donors (Lipinski definition) is 1. The van der Waals surface area contributed by atoms with Gasteiger partial charge in [0, 0.05) is 37.6 Å². The van der Waals surface area contributed by atoms with Gasteiger partial charge in [0.15, 0.2) is 0 Å². The normalized spacial score (nSPS) is 16.2. The Morgan fingerprint density at radius 1 is 1.32 bits per heavy atom. The van der Waals surface area contributed by atoms with Crippen molar-refractivity contribution in [3.05, 3.63) is 59.7 Å². The van der Waals surface area contributed by atoms with Gasteiger partial charge >= 0.3 is 0 Å². The Morgan fingerprint density at radius 2 is 2.14 bits per heavy atom. The van der Waals surface area contributed by atoms with Crippen molar-refractivity contribution < 1.29 is 9.50 Å². The molecule has 1 aliphatic rings. The maximum atomic E-state index is 13.3. The first-order chi connectivity index (χ1) is 10.6. The van der Waals surface area contributed by atoms with Crippen LogP contribution in [0.1, 0.15) is 31.0 Å². The molecule has 3 rings (SSSR count). The van der Waals surface area contributed by atoms with Crippen molar-refractivity contribution in [1.29, 1.82) is 0 Å². The Balaban J connectivity index is 1.71. The van der Waals surface area contributed by atoms with E-state index in [1.807, 2.05) is 25.3 Å². The molecule has 22 heavy (non-hydrogen) atoms. The van der Waals surface area contributed by atoms with Crippen molar-refractivity contribution in [3.63, 3.8) is 0 Å². The van der Waals surface area contributed by atoms with Crippen LogP contribution in [0.15, 0.2) is 42.6 Å². The highest BCUT2D eigenvalue weighted by atomic mass is 19.1. The maximum absolute atomic E-state index is 13.3. The number of aliphatic hydroxyl groups excluding tert-OH is 1. The van der Waals surface area contributed by atoms with Crippen LogP contribution in [0.5, 0.6) is 0 Å². The van der Waals surface area contributed by atoms with Gasteiger partial charge in [-0.05, 0) is 49.6 Å². The van der Waals surface area contributed by atoms with E-state index < -0.39 is 0 Å². The van der Waals surface area contributed by atoms with Crippen molar-refractivity contribution >= 4 is 0 Å². The third-order valence-corrected chi connectivity index (χ3v) is 4.09. The van der Waals surface area contributed by atoms with Crippen molar-refractivity contribution in [2.45, 2.75) is 45.0 Å². The average Bonchev–Trinajstić information content (AvgIpc) is 3.21. The summed E-state index contributed by atoms with van der Waals surface area (Å²) in [4.78, 5) is 2.35. The number of nitrogens with zero attached hydrogens (tertiary/aromatic N) is 2. The van der Waals surface area contributed by atoms with E-state index in [1.165, 1.54) is 24.6 Å². The Hall–Kier alpha value is -1.65. The van der Waals surface area contributed by atoms with Crippen molar-refractivity contribution in [1.82, 2.24) is 9.47 Å². The molecule has 1 aromatic heterocycles. The van der Waals surface area contributed by atoms with Gasteiger partial charge in [-0.15, -0.1) is 0 Å². The minimum Gasteiger partial charge on any atom is -0.392 e. The highest BCUT2D eigenvalue weighted by Crippen LogP contribution is 2.28. The van der Waals surface area contributed by atoms with Gasteiger partial charge in [-0.25, -0.2) is 4.39 Å². The van der Waals surface area contributed by atoms with Crippen molar-refractivity contribution in [3.8, 4) is 0 Å². The van der Waals surface area contributed by atoms with Gasteiger partial charge < -0.3 is 9.67 Å². The minimum absolute atomic E-state index is 0.195. The van der Waals surface area contributed by atoms with Crippen LogP contribution in [0.4, 0.5) is 4.39 Å². The smallest absolute Gasteiger partial charge is 0.123 e. The Kier molecular flexibility index (Phi) is 4.60. The van der Waals surface area contributed by atoms with E-state index in [2.05, 4.69) is 15.5 Å². The van der Waals surface area contributed by atoms with Crippen LogP contribution in [0.25, 0.3) is 0 Å². The van der Waals surface area contributed by atoms with E-state index in [-0.39, 0.29) is 11.9 Å². The predicted molar refractivity (Wildman–Crippen MR) is 85.0 cm³/mol. The van der Waals surface area contributed by atoms with Crippen LogP contribution in [0, 0.1) is 5.82 Å². The molecule has 1 fully saturated rings. The number of aromatic nitrogens is 1. The molecule has 0 bridgehead atoms. The van der Waals surface area contributed by atoms with Crippen LogP contribution in [0.2, 0.25) is 0 Å². The summed E-state index contributed by atoms with van der Waals surface area (Å²) in [7, 11) is 0. The quantitative estimate of drug-likeness (QED) is 0.851. The summed E-state index contributed by atoms with van der Waals surface area (Å²) < 4.78 is 15.5. The number of benzene rings is 1. The van der Waals surface area contributed by atoms with E-state index in [9.17, 15) is 9.50 Å². The monoisotopic (exact) mass is 302 g/mol. The standard InChI is InChI=1S/C18H23FN2O/c1-14(22)11-21(17-7-8-17)13-18-6-3-9-20(18)12-15-4-2-5-16(19)10-15/h2-6,9-10,14,17,22H,7-8,11-13H2,1H3. The summed E-state index contributed by atoms with van der Waals surface area (Å²) >= 11 is 0. The second kappa shape index (κ2) is 6.63. The van der Waals surface area contributed by atoms with Crippen LogP contribution >= 0.6 is 0 Å². The first kappa shape index (κ1) is 15.3. The van der Waals surface area contributed by atoms with Gasteiger partial charge in [0.05, 0.1) is 6.10 Å². The summed E-state index contributed by atoms with van der Waals surface area (Å²) in [6.45, 7) is 4.04. The lowest BCUT2D eigenvalue weighted by Gasteiger charge is -2.24. The fourth-order valence-electron chi connectivity index (χ4n) is 2.91. The van der Waals surface area contributed by atoms with E-state index in [0.29, 0.717) is 19.1 Å². The summed E-state index contributed by atoms with van der Waals surface area (Å²) in [6.07, 6.45) is 4.16. The summed E-state index contributed by atoms with van der Waals surface area (Å²) in [6, 6.07) is 11.5. The van der Waals surface area contributed by atoms with Gasteiger partial charge in [-0.3, -0.25) is 4.90 Å². The molecule has 0 spiro atoms. The average molecular weight is 302 g/mol. The summed E-state index contributed by atoms with van der Waals surface area (Å²) in [5, 5.41) is 9.67. The molecule has 1 saturated carbocycles. The molecule has 1 heterocycles. The molecule has 0 aliphatic heterocycles. The number of hydrogen-bond acceptors (Lipinski definition) is 2. The summed E-state index contributed by atoms with van der Waals surface area (Å²) in [5.41, 5.74) is 2.17. The number of aliphatic hydroxyl groups is 1. The van der Waals surface area contributed by atoms with Crippen LogP contribution in [0.3, 0.4) is 0 Å². The zero-order chi connectivity index (χ0) is 15.5. The van der Waals surface area contributed by atoms with Crippen molar-refractivity contribution in [2.75, 3.05) is 6.54 Å². The largest absolute Gasteiger partial charge is 0.392 e. The van der Waals surface area contributed by atoms with E-state index in [0.717, 1.165) is 12.1 Å². The topological polar surface area (TPSA) is 28.4 Å². The third-order valence-electron chi connectivity index (χ3n) is 4.09. The molecule has 2 aromatic rings. The highest BCUT2D eigenvalue weighted by Gasteiger charge is 2.30. The van der Waals surface area contributed by atoms with E-state index in [1.54, 1.807) is 12.1 Å². The zero-order valence-electron chi connectivity index (χ0n) is 13.0. The zero-order valence-corrected chi connectivity index (χ0v) is 13.0. The Morgan fingerprint density at radius 3 is 2.82 bits per heavy atom. The lowest BCUT2D eigenvalue weighted by molar-refractivity contribution is 0.116.